The van der Waals surface area contributed by atoms with Gasteiger partial charge in [-0.15, -0.1) is 0 Å². The molecule has 2 aromatic heterocycles. The Kier molecular flexibility index (Phi) is 8.36. The molecule has 0 bridgehead atoms. The molecule has 142 valence electrons. The van der Waals surface area contributed by atoms with Gasteiger partial charge in [-0.25, -0.2) is 15.0 Å². The van der Waals surface area contributed by atoms with Gasteiger partial charge >= 0.3 is 5.97 Å². The van der Waals surface area contributed by atoms with Crippen LogP contribution >= 0.6 is 11.5 Å². The lowest BCUT2D eigenvalue weighted by Gasteiger charge is -2.20. The zero-order valence-electron chi connectivity index (χ0n) is 15.5. The highest BCUT2D eigenvalue weighted by atomic mass is 32.1. The maximum atomic E-state index is 11.1. The molecule has 0 saturated heterocycles. The van der Waals surface area contributed by atoms with Crippen LogP contribution in [0.4, 0.5) is 10.9 Å². The minimum absolute atomic E-state index is 0.150. The summed E-state index contributed by atoms with van der Waals surface area (Å²) in [5.74, 6) is 1.39. The molecule has 0 atom stereocenters. The topological polar surface area (TPSA) is 90.3 Å². The first kappa shape index (κ1) is 20.2. The lowest BCUT2D eigenvalue weighted by atomic mass is 10.1. The van der Waals surface area contributed by atoms with E-state index in [1.165, 1.54) is 18.6 Å². The molecular formula is C17H25N5O3S. The Morgan fingerprint density at radius 1 is 1.19 bits per heavy atom. The van der Waals surface area contributed by atoms with Crippen molar-refractivity contribution < 1.29 is 14.3 Å². The molecule has 0 fully saturated rings. The summed E-state index contributed by atoms with van der Waals surface area (Å²) < 4.78 is 14.1. The number of unbranched alkanes of at least 4 members (excludes halogenated alkanes) is 3. The first-order chi connectivity index (χ1) is 12.6. The molecule has 0 unspecified atom stereocenters. The fraction of sp³-hybridized carbons (Fsp3) is 0.588. The van der Waals surface area contributed by atoms with E-state index in [4.69, 9.17) is 4.74 Å². The van der Waals surface area contributed by atoms with Crippen LogP contribution < -0.4 is 4.90 Å². The minimum atomic E-state index is -0.150. The molecule has 0 saturated carbocycles. The number of aromatic nitrogens is 4. The maximum absolute atomic E-state index is 11.1. The quantitative estimate of drug-likeness (QED) is 0.435. The summed E-state index contributed by atoms with van der Waals surface area (Å²) in [6, 6.07) is 1.91. The van der Waals surface area contributed by atoms with Crippen molar-refractivity contribution in [2.75, 3.05) is 25.7 Å². The van der Waals surface area contributed by atoms with Crippen LogP contribution in [0.1, 0.15) is 43.6 Å². The van der Waals surface area contributed by atoms with E-state index in [2.05, 4.69) is 29.0 Å². The van der Waals surface area contributed by atoms with Gasteiger partial charge in [0.1, 0.15) is 18.0 Å². The minimum Gasteiger partial charge on any atom is -0.469 e. The van der Waals surface area contributed by atoms with E-state index in [0.29, 0.717) is 13.0 Å². The summed E-state index contributed by atoms with van der Waals surface area (Å²) in [5, 5.41) is 0.819. The van der Waals surface area contributed by atoms with E-state index in [0.717, 1.165) is 54.7 Å². The van der Waals surface area contributed by atoms with Crippen molar-refractivity contribution in [2.45, 2.75) is 45.6 Å². The second kappa shape index (κ2) is 10.8. The normalized spacial score (nSPS) is 10.7. The Morgan fingerprint density at radius 3 is 2.69 bits per heavy atom. The molecular weight excluding hydrogens is 354 g/mol. The molecule has 9 heteroatoms. The van der Waals surface area contributed by atoms with Crippen molar-refractivity contribution in [2.24, 2.45) is 0 Å². The summed E-state index contributed by atoms with van der Waals surface area (Å²) >= 11 is 1.36. The van der Waals surface area contributed by atoms with Gasteiger partial charge < -0.3 is 14.4 Å². The van der Waals surface area contributed by atoms with Crippen LogP contribution in [0.15, 0.2) is 12.4 Å². The van der Waals surface area contributed by atoms with Crippen LogP contribution in [0.5, 0.6) is 0 Å². The second-order valence-corrected chi connectivity index (χ2v) is 6.55. The summed E-state index contributed by atoms with van der Waals surface area (Å²) in [6.07, 6.45) is 5.82. The zero-order chi connectivity index (χ0) is 18.8. The second-order valence-electron chi connectivity index (χ2n) is 5.82. The monoisotopic (exact) mass is 379 g/mol. The number of hydrogen-bond acceptors (Lipinski definition) is 9. The largest absolute Gasteiger partial charge is 0.469 e. The van der Waals surface area contributed by atoms with Gasteiger partial charge in [-0.1, -0.05) is 12.8 Å². The number of carbonyl (C=O) groups excluding carboxylic acids is 1. The first-order valence-corrected chi connectivity index (χ1v) is 9.36. The molecule has 0 aromatic carbocycles. The Bertz CT molecular complexity index is 695. The van der Waals surface area contributed by atoms with Gasteiger partial charge in [-0.2, -0.15) is 4.37 Å². The Balaban J connectivity index is 1.97. The number of nitrogens with zero attached hydrogens (tertiary/aromatic N) is 5. The predicted molar refractivity (Wildman–Crippen MR) is 99.5 cm³/mol. The summed E-state index contributed by atoms with van der Waals surface area (Å²) in [5.41, 5.74) is 0.821. The number of methoxy groups -OCH3 is 2. The average molecular weight is 379 g/mol. The number of carbonyl (C=O) groups is 1. The Morgan fingerprint density at radius 2 is 2.00 bits per heavy atom. The van der Waals surface area contributed by atoms with Crippen molar-refractivity contribution in [3.05, 3.63) is 23.9 Å². The van der Waals surface area contributed by atoms with E-state index in [9.17, 15) is 4.79 Å². The number of hydrogen-bond donors (Lipinski definition) is 0. The Labute approximate surface area is 157 Å². The van der Waals surface area contributed by atoms with Gasteiger partial charge in [0.15, 0.2) is 0 Å². The molecule has 0 aliphatic heterocycles. The van der Waals surface area contributed by atoms with Crippen LogP contribution in [0.25, 0.3) is 0 Å². The van der Waals surface area contributed by atoms with Crippen molar-refractivity contribution in [1.82, 2.24) is 19.3 Å². The fourth-order valence-corrected chi connectivity index (χ4v) is 3.17. The SMILES string of the molecule is COCc1cc(N(CCCCCCC(=O)OC)c2nc(C)ns2)ncn1. The Hall–Kier alpha value is -2.13. The molecule has 2 heterocycles. The standard InChI is InChI=1S/C17H25N5O3S/c1-13-20-17(26-21-13)22(9-7-5-4-6-8-16(23)25-3)15-10-14(11-24-2)18-12-19-15/h10,12H,4-9,11H2,1-3H3. The number of ether oxygens (including phenoxy) is 2. The van der Waals surface area contributed by atoms with Crippen LogP contribution in [-0.2, 0) is 20.9 Å². The molecule has 2 aromatic rings. The number of rotatable bonds is 11. The molecule has 8 nitrogen and oxygen atoms in total. The summed E-state index contributed by atoms with van der Waals surface area (Å²) in [6.45, 7) is 3.09. The van der Waals surface area contributed by atoms with Crippen LogP contribution in [0.2, 0.25) is 0 Å². The van der Waals surface area contributed by atoms with Gasteiger partial charge in [0, 0.05) is 37.7 Å². The molecule has 0 spiro atoms. The van der Waals surface area contributed by atoms with Crippen molar-refractivity contribution >= 4 is 28.5 Å². The van der Waals surface area contributed by atoms with Gasteiger partial charge in [0.2, 0.25) is 5.13 Å². The van der Waals surface area contributed by atoms with Gasteiger partial charge in [0.05, 0.1) is 19.4 Å². The van der Waals surface area contributed by atoms with Gasteiger partial charge in [-0.3, -0.25) is 4.79 Å². The van der Waals surface area contributed by atoms with E-state index in [1.807, 2.05) is 13.0 Å². The van der Waals surface area contributed by atoms with Crippen molar-refractivity contribution in [3.63, 3.8) is 0 Å². The van der Waals surface area contributed by atoms with Gasteiger partial charge in [0.25, 0.3) is 0 Å². The molecule has 0 amide bonds. The predicted octanol–water partition coefficient (Wildman–Crippen LogP) is 3.04. The molecule has 0 aliphatic carbocycles. The fourth-order valence-electron chi connectivity index (χ4n) is 2.46. The molecule has 0 radical (unpaired) electrons. The van der Waals surface area contributed by atoms with Crippen LogP contribution in [0.3, 0.4) is 0 Å². The third kappa shape index (κ3) is 6.30. The smallest absolute Gasteiger partial charge is 0.305 e. The highest BCUT2D eigenvalue weighted by Crippen LogP contribution is 2.26. The summed E-state index contributed by atoms with van der Waals surface area (Å²) in [4.78, 5) is 26.3. The van der Waals surface area contributed by atoms with Crippen molar-refractivity contribution in [1.29, 1.82) is 0 Å². The van der Waals surface area contributed by atoms with Gasteiger partial charge in [-0.05, 0) is 19.8 Å². The van der Waals surface area contributed by atoms with E-state index in [1.54, 1.807) is 13.4 Å². The van der Waals surface area contributed by atoms with E-state index < -0.39 is 0 Å². The zero-order valence-corrected chi connectivity index (χ0v) is 16.3. The number of aryl methyl sites for hydroxylation is 1. The number of esters is 1. The van der Waals surface area contributed by atoms with Crippen molar-refractivity contribution in [3.8, 4) is 0 Å². The average Bonchev–Trinajstić information content (AvgIpc) is 3.07. The maximum Gasteiger partial charge on any atom is 0.305 e. The van der Waals surface area contributed by atoms with Crippen LogP contribution in [0, 0.1) is 6.92 Å². The first-order valence-electron chi connectivity index (χ1n) is 8.58. The lowest BCUT2D eigenvalue weighted by molar-refractivity contribution is -0.140. The van der Waals surface area contributed by atoms with E-state index in [-0.39, 0.29) is 5.97 Å². The highest BCUT2D eigenvalue weighted by Gasteiger charge is 2.15. The third-order valence-electron chi connectivity index (χ3n) is 3.77. The lowest BCUT2D eigenvalue weighted by Crippen LogP contribution is -2.20. The molecule has 0 aliphatic rings. The van der Waals surface area contributed by atoms with Crippen LogP contribution in [-0.4, -0.2) is 46.1 Å². The molecule has 26 heavy (non-hydrogen) atoms. The molecule has 2 rings (SSSR count). The van der Waals surface area contributed by atoms with E-state index >= 15 is 0 Å². The number of anilines is 2. The third-order valence-corrected chi connectivity index (χ3v) is 4.60. The highest BCUT2D eigenvalue weighted by molar-refractivity contribution is 7.09. The molecule has 0 N–H and O–H groups in total. The summed E-state index contributed by atoms with van der Waals surface area (Å²) in [7, 11) is 3.06.